The first-order chi connectivity index (χ1) is 12.9. The number of sulfonamides is 1. The van der Waals surface area contributed by atoms with Crippen molar-refractivity contribution in [1.29, 1.82) is 0 Å². The molecule has 1 amide bonds. The lowest BCUT2D eigenvalue weighted by molar-refractivity contribution is -0.120. The van der Waals surface area contributed by atoms with Crippen LogP contribution in [0.15, 0.2) is 53.4 Å². The number of anilines is 1. The number of carbonyl (C=O) groups excluding carboxylic acids is 1. The number of methoxy groups -OCH3 is 1. The van der Waals surface area contributed by atoms with Gasteiger partial charge >= 0.3 is 0 Å². The predicted octanol–water partition coefficient (Wildman–Crippen LogP) is 3.04. The number of rotatable bonds is 5. The van der Waals surface area contributed by atoms with Crippen LogP contribution in [0.25, 0.3) is 0 Å². The topological polar surface area (TPSA) is 75.7 Å². The molecule has 0 aliphatic carbocycles. The van der Waals surface area contributed by atoms with Crippen molar-refractivity contribution in [3.63, 3.8) is 0 Å². The van der Waals surface area contributed by atoms with Gasteiger partial charge in [0.2, 0.25) is 15.9 Å². The van der Waals surface area contributed by atoms with E-state index in [1.54, 1.807) is 43.5 Å². The molecule has 1 saturated heterocycles. The van der Waals surface area contributed by atoms with E-state index in [2.05, 4.69) is 5.32 Å². The van der Waals surface area contributed by atoms with Gasteiger partial charge in [-0.3, -0.25) is 4.79 Å². The third-order valence-corrected chi connectivity index (χ3v) is 6.63. The first-order valence-electron chi connectivity index (χ1n) is 8.92. The van der Waals surface area contributed by atoms with Crippen LogP contribution in [-0.4, -0.2) is 38.8 Å². The van der Waals surface area contributed by atoms with Crippen LogP contribution in [0.5, 0.6) is 5.75 Å². The fraction of sp³-hybridized carbons (Fsp3) is 0.350. The summed E-state index contributed by atoms with van der Waals surface area (Å²) in [7, 11) is -2.04. The van der Waals surface area contributed by atoms with Crippen molar-refractivity contribution in [3.05, 3.63) is 54.1 Å². The van der Waals surface area contributed by atoms with Crippen molar-refractivity contribution in [2.75, 3.05) is 25.5 Å². The second-order valence-corrected chi connectivity index (χ2v) is 8.65. The number of carbonyl (C=O) groups is 1. The zero-order valence-corrected chi connectivity index (χ0v) is 16.3. The molecule has 0 bridgehead atoms. The lowest BCUT2D eigenvalue weighted by Crippen LogP contribution is -2.43. The summed E-state index contributed by atoms with van der Waals surface area (Å²) in [4.78, 5) is 13.0. The van der Waals surface area contributed by atoms with E-state index in [0.29, 0.717) is 30.8 Å². The fourth-order valence-corrected chi connectivity index (χ4v) is 4.82. The van der Waals surface area contributed by atoms with Crippen molar-refractivity contribution in [2.45, 2.75) is 24.7 Å². The van der Waals surface area contributed by atoms with Gasteiger partial charge in [0.05, 0.1) is 23.6 Å². The zero-order chi connectivity index (χ0) is 19.4. The predicted molar refractivity (Wildman–Crippen MR) is 104 cm³/mol. The minimum absolute atomic E-state index is 0.178. The summed E-state index contributed by atoms with van der Waals surface area (Å²) in [6, 6.07) is 13.9. The number of nitrogens with zero attached hydrogens (tertiary/aromatic N) is 1. The maximum atomic E-state index is 12.8. The van der Waals surface area contributed by atoms with Crippen molar-refractivity contribution < 1.29 is 17.9 Å². The van der Waals surface area contributed by atoms with E-state index in [1.165, 1.54) is 4.31 Å². The molecule has 2 aromatic carbocycles. The van der Waals surface area contributed by atoms with E-state index >= 15 is 0 Å². The lowest BCUT2D eigenvalue weighted by Gasteiger charge is -2.31. The molecule has 1 aliphatic heterocycles. The van der Waals surface area contributed by atoms with E-state index in [0.717, 1.165) is 5.56 Å². The molecule has 7 heteroatoms. The summed E-state index contributed by atoms with van der Waals surface area (Å²) in [5, 5.41) is 2.90. The molecule has 0 spiro atoms. The van der Waals surface area contributed by atoms with Crippen molar-refractivity contribution >= 4 is 21.6 Å². The van der Waals surface area contributed by atoms with Crippen molar-refractivity contribution in [2.24, 2.45) is 5.92 Å². The van der Waals surface area contributed by atoms with Gasteiger partial charge in [0, 0.05) is 13.1 Å². The summed E-state index contributed by atoms with van der Waals surface area (Å²) in [6.07, 6.45) is 1.30. The second kappa shape index (κ2) is 8.10. The number of ether oxygens (including phenoxy) is 1. The molecule has 1 atom stereocenters. The summed E-state index contributed by atoms with van der Waals surface area (Å²) >= 11 is 0. The molecule has 0 unspecified atom stereocenters. The summed E-state index contributed by atoms with van der Waals surface area (Å²) < 4.78 is 32.4. The van der Waals surface area contributed by atoms with Gasteiger partial charge < -0.3 is 10.1 Å². The Morgan fingerprint density at radius 1 is 1.19 bits per heavy atom. The molecule has 2 aromatic rings. The van der Waals surface area contributed by atoms with Gasteiger partial charge in [0.15, 0.2) is 0 Å². The Morgan fingerprint density at radius 2 is 1.93 bits per heavy atom. The normalized spacial score (nSPS) is 18.1. The zero-order valence-electron chi connectivity index (χ0n) is 15.5. The first-order valence-corrected chi connectivity index (χ1v) is 10.4. The number of piperidine rings is 1. The highest BCUT2D eigenvalue weighted by molar-refractivity contribution is 7.89. The molecular weight excluding hydrogens is 364 g/mol. The van der Waals surface area contributed by atoms with Crippen LogP contribution in [0.1, 0.15) is 18.4 Å². The highest BCUT2D eigenvalue weighted by Gasteiger charge is 2.33. The smallest absolute Gasteiger partial charge is 0.243 e. The molecule has 27 heavy (non-hydrogen) atoms. The average Bonchev–Trinajstić information content (AvgIpc) is 2.69. The van der Waals surface area contributed by atoms with E-state index in [-0.39, 0.29) is 17.3 Å². The van der Waals surface area contributed by atoms with Crippen LogP contribution >= 0.6 is 0 Å². The highest BCUT2D eigenvalue weighted by atomic mass is 32.2. The first kappa shape index (κ1) is 19.4. The Hall–Kier alpha value is -2.38. The van der Waals surface area contributed by atoms with Gasteiger partial charge in [-0.05, 0) is 49.6 Å². The third kappa shape index (κ3) is 4.31. The lowest BCUT2D eigenvalue weighted by atomic mass is 9.98. The fourth-order valence-electron chi connectivity index (χ4n) is 3.27. The Morgan fingerprint density at radius 3 is 2.63 bits per heavy atom. The maximum absolute atomic E-state index is 12.8. The van der Waals surface area contributed by atoms with Crippen molar-refractivity contribution in [1.82, 2.24) is 4.31 Å². The Kier molecular flexibility index (Phi) is 5.82. The standard InChI is InChI=1S/C20H24N2O4S/c1-15-10-11-19(26-2)18(13-15)21-20(23)16-7-6-12-22(14-16)27(24,25)17-8-4-3-5-9-17/h3-5,8-11,13,16H,6-7,12,14H2,1-2H3,(H,21,23)/t16-/m1/s1. The number of nitrogens with one attached hydrogen (secondary N) is 1. The maximum Gasteiger partial charge on any atom is 0.243 e. The van der Waals surface area contributed by atoms with Gasteiger partial charge in [-0.2, -0.15) is 4.31 Å². The van der Waals surface area contributed by atoms with Crippen molar-refractivity contribution in [3.8, 4) is 5.75 Å². The molecule has 3 rings (SSSR count). The number of aryl methyl sites for hydroxylation is 1. The Bertz CT molecular complexity index is 913. The SMILES string of the molecule is COc1ccc(C)cc1NC(=O)[C@@H]1CCCN(S(=O)(=O)c2ccccc2)C1. The van der Waals surface area contributed by atoms with Gasteiger partial charge in [-0.1, -0.05) is 24.3 Å². The number of amides is 1. The molecule has 0 saturated carbocycles. The van der Waals surface area contributed by atoms with Gasteiger partial charge in [0.1, 0.15) is 5.75 Å². The van der Waals surface area contributed by atoms with E-state index in [9.17, 15) is 13.2 Å². The molecule has 0 radical (unpaired) electrons. The molecule has 6 nitrogen and oxygen atoms in total. The average molecular weight is 388 g/mol. The van der Waals surface area contributed by atoms with Crippen LogP contribution in [0.2, 0.25) is 0 Å². The minimum atomic E-state index is -3.59. The van der Waals surface area contributed by atoms with Crippen LogP contribution in [-0.2, 0) is 14.8 Å². The van der Waals surface area contributed by atoms with Gasteiger partial charge in [-0.25, -0.2) is 8.42 Å². The summed E-state index contributed by atoms with van der Waals surface area (Å²) in [6.45, 7) is 2.54. The largest absolute Gasteiger partial charge is 0.495 e. The van der Waals surface area contributed by atoms with Gasteiger partial charge in [-0.15, -0.1) is 0 Å². The Labute approximate surface area is 160 Å². The molecule has 144 valence electrons. The quantitative estimate of drug-likeness (QED) is 0.854. The molecule has 1 heterocycles. The third-order valence-electron chi connectivity index (χ3n) is 4.75. The van der Waals surface area contributed by atoms with Crippen LogP contribution < -0.4 is 10.1 Å². The molecule has 1 fully saturated rings. The highest BCUT2D eigenvalue weighted by Crippen LogP contribution is 2.28. The molecule has 1 aliphatic rings. The molecular formula is C20H24N2O4S. The second-order valence-electron chi connectivity index (χ2n) is 6.71. The molecule has 1 N–H and O–H groups in total. The molecule has 0 aromatic heterocycles. The van der Waals surface area contributed by atoms with E-state index in [4.69, 9.17) is 4.74 Å². The number of benzene rings is 2. The summed E-state index contributed by atoms with van der Waals surface area (Å²) in [5.74, 6) is -0.00663. The van der Waals surface area contributed by atoms with E-state index in [1.807, 2.05) is 19.1 Å². The van der Waals surface area contributed by atoms with Crippen LogP contribution in [0.3, 0.4) is 0 Å². The van der Waals surface area contributed by atoms with Crippen LogP contribution in [0.4, 0.5) is 5.69 Å². The van der Waals surface area contributed by atoms with E-state index < -0.39 is 15.9 Å². The Balaban J connectivity index is 1.75. The van der Waals surface area contributed by atoms with Crippen LogP contribution in [0, 0.1) is 12.8 Å². The van der Waals surface area contributed by atoms with Gasteiger partial charge in [0.25, 0.3) is 0 Å². The number of hydrogen-bond acceptors (Lipinski definition) is 4. The monoisotopic (exact) mass is 388 g/mol. The minimum Gasteiger partial charge on any atom is -0.495 e. The summed E-state index contributed by atoms with van der Waals surface area (Å²) in [5.41, 5.74) is 1.61. The number of hydrogen-bond donors (Lipinski definition) is 1.